The van der Waals surface area contributed by atoms with Crippen molar-refractivity contribution in [1.82, 2.24) is 0 Å². The monoisotopic (exact) mass is 666 g/mol. The van der Waals surface area contributed by atoms with E-state index in [-0.39, 0.29) is 0 Å². The van der Waals surface area contributed by atoms with Gasteiger partial charge in [-0.2, -0.15) is 9.13 Å². The largest absolute Gasteiger partial charge is 0.218 e. The van der Waals surface area contributed by atoms with E-state index in [1.54, 1.807) is 0 Å². The Hall–Kier alpha value is -4.38. The first-order chi connectivity index (χ1) is 20.6. The molecule has 0 spiro atoms. The minimum Gasteiger partial charge on any atom is -0.167 e. The molecule has 2 aromatic heterocycles. The first-order valence-electron chi connectivity index (χ1n) is 13.9. The molecule has 0 saturated carbocycles. The number of hydrogen-bond donors (Lipinski definition) is 0. The van der Waals surface area contributed by atoms with Gasteiger partial charge in [-0.25, -0.2) is 0 Å². The molecular weight excluding hydrogens is 644 g/mol. The quantitative estimate of drug-likeness (QED) is 0.130. The van der Waals surface area contributed by atoms with Crippen LogP contribution in [0, 0.1) is 0 Å². The van der Waals surface area contributed by atoms with Crippen molar-refractivity contribution in [2.75, 3.05) is 0 Å². The maximum Gasteiger partial charge on any atom is 0.218 e. The van der Waals surface area contributed by atoms with Crippen molar-refractivity contribution in [1.29, 1.82) is 0 Å². The van der Waals surface area contributed by atoms with Crippen LogP contribution in [-0.2, 0) is 0 Å². The summed E-state index contributed by atoms with van der Waals surface area (Å²) in [6, 6.07) is 43.7. The molecule has 0 fully saturated rings. The summed E-state index contributed by atoms with van der Waals surface area (Å²) in [5.41, 5.74) is 7.16. The van der Waals surface area contributed by atoms with Crippen LogP contribution in [0.4, 0.5) is 0 Å². The Balaban J connectivity index is 1.24. The standard InChI is InChI=1S/C38H24Br2N2/c39-31-9-1-25(2-10-31)27-17-21-41(22-18-27)35-15-7-29-6-14-34-36(16-8-30-5-13-33(35)37(29)38(30)34)42-23-19-28(20-24-42)26-3-11-32(40)12-4-26/h1-24H/q+2. The molecule has 0 bridgehead atoms. The van der Waals surface area contributed by atoms with Crippen LogP contribution in [0.1, 0.15) is 0 Å². The zero-order chi connectivity index (χ0) is 28.2. The van der Waals surface area contributed by atoms with Gasteiger partial charge in [0.1, 0.15) is 0 Å². The number of rotatable bonds is 4. The van der Waals surface area contributed by atoms with Crippen LogP contribution in [0.2, 0.25) is 0 Å². The number of aromatic nitrogens is 2. The summed E-state index contributed by atoms with van der Waals surface area (Å²) in [4.78, 5) is 0. The van der Waals surface area contributed by atoms with Crippen molar-refractivity contribution >= 4 is 64.2 Å². The van der Waals surface area contributed by atoms with E-state index in [1.807, 2.05) is 0 Å². The highest BCUT2D eigenvalue weighted by Gasteiger charge is 2.20. The Morgan fingerprint density at radius 3 is 1.05 bits per heavy atom. The maximum atomic E-state index is 3.54. The summed E-state index contributed by atoms with van der Waals surface area (Å²) in [6.45, 7) is 0. The number of pyridine rings is 2. The number of hydrogen-bond acceptors (Lipinski definition) is 0. The summed E-state index contributed by atoms with van der Waals surface area (Å²) in [6.07, 6.45) is 8.66. The van der Waals surface area contributed by atoms with E-state index in [1.165, 1.54) is 65.9 Å². The molecule has 8 aromatic rings. The van der Waals surface area contributed by atoms with Gasteiger partial charge in [-0.1, -0.05) is 68.3 Å². The molecule has 8 rings (SSSR count). The van der Waals surface area contributed by atoms with E-state index in [4.69, 9.17) is 0 Å². The topological polar surface area (TPSA) is 7.76 Å². The van der Waals surface area contributed by atoms with Crippen LogP contribution in [0.5, 0.6) is 0 Å². The Kier molecular flexibility index (Phi) is 6.13. The Morgan fingerprint density at radius 2 is 0.667 bits per heavy atom. The highest BCUT2D eigenvalue weighted by molar-refractivity contribution is 9.10. The molecule has 0 aliphatic rings. The lowest BCUT2D eigenvalue weighted by Gasteiger charge is -2.12. The fraction of sp³-hybridized carbons (Fsp3) is 0. The molecule has 2 nitrogen and oxygen atoms in total. The fourth-order valence-corrected chi connectivity index (χ4v) is 6.59. The molecule has 0 aliphatic heterocycles. The summed E-state index contributed by atoms with van der Waals surface area (Å²) < 4.78 is 6.63. The molecule has 0 radical (unpaired) electrons. The molecular formula is C38H24Br2N2+2. The number of nitrogens with zero attached hydrogens (tertiary/aromatic N) is 2. The normalized spacial score (nSPS) is 11.6. The van der Waals surface area contributed by atoms with E-state index >= 15 is 0 Å². The molecule has 2 heterocycles. The van der Waals surface area contributed by atoms with Crippen molar-refractivity contribution < 1.29 is 9.13 Å². The summed E-state index contributed by atoms with van der Waals surface area (Å²) in [7, 11) is 0. The van der Waals surface area contributed by atoms with Gasteiger partial charge in [-0.15, -0.1) is 0 Å². The molecule has 6 aromatic carbocycles. The minimum atomic E-state index is 1.09. The molecule has 42 heavy (non-hydrogen) atoms. The predicted octanol–water partition coefficient (Wildman–Crippen LogP) is 10.00. The second kappa shape index (κ2) is 10.2. The van der Waals surface area contributed by atoms with Crippen molar-refractivity contribution in [2.24, 2.45) is 0 Å². The summed E-state index contributed by atoms with van der Waals surface area (Å²) >= 11 is 7.07. The van der Waals surface area contributed by atoms with Crippen molar-refractivity contribution in [3.05, 3.63) is 155 Å². The number of halogens is 2. The van der Waals surface area contributed by atoms with Crippen LogP contribution >= 0.6 is 31.9 Å². The van der Waals surface area contributed by atoms with Gasteiger partial charge < -0.3 is 0 Å². The third-order valence-electron chi connectivity index (χ3n) is 8.19. The van der Waals surface area contributed by atoms with Gasteiger partial charge >= 0.3 is 0 Å². The predicted molar refractivity (Wildman–Crippen MR) is 179 cm³/mol. The van der Waals surface area contributed by atoms with Gasteiger partial charge in [0.15, 0.2) is 24.8 Å². The van der Waals surface area contributed by atoms with Crippen LogP contribution in [0.25, 0.3) is 65.9 Å². The highest BCUT2D eigenvalue weighted by atomic mass is 79.9. The Labute approximate surface area is 260 Å². The van der Waals surface area contributed by atoms with Gasteiger partial charge in [-0.3, -0.25) is 0 Å². The molecule has 0 atom stereocenters. The van der Waals surface area contributed by atoms with Gasteiger partial charge in [-0.05, 0) is 81.6 Å². The third-order valence-corrected chi connectivity index (χ3v) is 9.25. The zero-order valence-corrected chi connectivity index (χ0v) is 25.7. The van der Waals surface area contributed by atoms with Crippen LogP contribution in [0.15, 0.2) is 155 Å². The average Bonchev–Trinajstić information content (AvgIpc) is 3.04. The molecule has 0 aliphatic carbocycles. The molecule has 0 saturated heterocycles. The van der Waals surface area contributed by atoms with Gasteiger partial charge in [0.25, 0.3) is 0 Å². The first-order valence-corrected chi connectivity index (χ1v) is 15.5. The molecule has 0 N–H and O–H groups in total. The Bertz CT molecular complexity index is 2060. The molecule has 0 unspecified atom stereocenters. The van der Waals surface area contributed by atoms with Crippen molar-refractivity contribution in [2.45, 2.75) is 0 Å². The van der Waals surface area contributed by atoms with Gasteiger partial charge in [0, 0.05) is 56.1 Å². The van der Waals surface area contributed by atoms with E-state index in [0.29, 0.717) is 0 Å². The highest BCUT2D eigenvalue weighted by Crippen LogP contribution is 2.37. The summed E-state index contributed by atoms with van der Waals surface area (Å²) in [5, 5.41) is 7.62. The molecule has 0 amide bonds. The van der Waals surface area contributed by atoms with E-state index in [2.05, 4.69) is 187 Å². The third kappa shape index (κ3) is 4.30. The van der Waals surface area contributed by atoms with Crippen molar-refractivity contribution in [3.8, 4) is 33.6 Å². The Morgan fingerprint density at radius 1 is 0.333 bits per heavy atom. The number of benzene rings is 6. The second-order valence-corrected chi connectivity index (χ2v) is 12.4. The lowest BCUT2D eigenvalue weighted by atomic mass is 9.92. The second-order valence-electron chi connectivity index (χ2n) is 10.6. The zero-order valence-electron chi connectivity index (χ0n) is 22.5. The SMILES string of the molecule is Brc1ccc(-c2cc[n+](-c3ccc4ccc5c(-[n+]6ccc(-c7ccc(Br)cc7)cc6)ccc6ccc3c4c65)cc2)cc1. The van der Waals surface area contributed by atoms with Crippen LogP contribution in [0.3, 0.4) is 0 Å². The van der Waals surface area contributed by atoms with Crippen LogP contribution < -0.4 is 9.13 Å². The average molecular weight is 668 g/mol. The fourth-order valence-electron chi connectivity index (χ4n) is 6.06. The van der Waals surface area contributed by atoms with Gasteiger partial charge in [0.05, 0.1) is 10.8 Å². The maximum absolute atomic E-state index is 3.54. The van der Waals surface area contributed by atoms with Crippen molar-refractivity contribution in [3.63, 3.8) is 0 Å². The van der Waals surface area contributed by atoms with Gasteiger partial charge in [0.2, 0.25) is 11.4 Å². The smallest absolute Gasteiger partial charge is 0.167 e. The van der Waals surface area contributed by atoms with E-state index < -0.39 is 0 Å². The van der Waals surface area contributed by atoms with Crippen LogP contribution in [-0.4, -0.2) is 0 Å². The van der Waals surface area contributed by atoms with E-state index in [9.17, 15) is 0 Å². The lowest BCUT2D eigenvalue weighted by Crippen LogP contribution is -2.30. The molecule has 198 valence electrons. The lowest BCUT2D eigenvalue weighted by molar-refractivity contribution is -0.594. The first kappa shape index (κ1) is 25.3. The molecule has 4 heteroatoms. The summed E-state index contributed by atoms with van der Waals surface area (Å²) in [5.74, 6) is 0. The minimum absolute atomic E-state index is 1.09. The van der Waals surface area contributed by atoms with E-state index in [0.717, 1.165) is 8.95 Å².